The molecule has 3 aromatic rings. The lowest BCUT2D eigenvalue weighted by molar-refractivity contribution is 0.630. The molecule has 1 nitrogen and oxygen atoms in total. The van der Waals surface area contributed by atoms with Gasteiger partial charge in [-0.15, -0.1) is 11.3 Å². The number of rotatable bonds is 4. The molecular weight excluding hydrogens is 274 g/mol. The summed E-state index contributed by atoms with van der Waals surface area (Å²) in [5.41, 5.74) is 5.53. The minimum atomic E-state index is 0.271. The summed E-state index contributed by atoms with van der Waals surface area (Å²) in [4.78, 5) is 0. The SMILES string of the molecule is CCNC(c1c(C)cccc1C)c1csc2ccccc12. The van der Waals surface area contributed by atoms with Crippen molar-refractivity contribution < 1.29 is 0 Å². The van der Waals surface area contributed by atoms with Gasteiger partial charge in [0.15, 0.2) is 0 Å². The zero-order valence-electron chi connectivity index (χ0n) is 12.8. The first-order valence-electron chi connectivity index (χ1n) is 7.48. The molecule has 0 saturated carbocycles. The van der Waals surface area contributed by atoms with Gasteiger partial charge in [-0.1, -0.05) is 43.3 Å². The molecule has 108 valence electrons. The van der Waals surface area contributed by atoms with Crippen LogP contribution in [-0.2, 0) is 0 Å². The molecular formula is C19H21NS. The van der Waals surface area contributed by atoms with Crippen LogP contribution in [0.2, 0.25) is 0 Å². The minimum absolute atomic E-state index is 0.271. The van der Waals surface area contributed by atoms with Crippen molar-refractivity contribution in [3.8, 4) is 0 Å². The molecule has 0 radical (unpaired) electrons. The number of benzene rings is 2. The fraction of sp³-hybridized carbons (Fsp3) is 0.263. The van der Waals surface area contributed by atoms with E-state index in [0.29, 0.717) is 0 Å². The maximum atomic E-state index is 3.68. The molecule has 0 saturated heterocycles. The number of hydrogen-bond donors (Lipinski definition) is 1. The monoisotopic (exact) mass is 295 g/mol. The summed E-state index contributed by atoms with van der Waals surface area (Å²) < 4.78 is 1.36. The fourth-order valence-corrected chi connectivity index (χ4v) is 4.06. The van der Waals surface area contributed by atoms with Crippen LogP contribution in [-0.4, -0.2) is 6.54 Å². The molecule has 0 aliphatic carbocycles. The summed E-state index contributed by atoms with van der Waals surface area (Å²) >= 11 is 1.83. The molecule has 2 aromatic carbocycles. The second-order valence-corrected chi connectivity index (χ2v) is 6.39. The summed E-state index contributed by atoms with van der Waals surface area (Å²) in [6, 6.07) is 15.5. The first-order valence-corrected chi connectivity index (χ1v) is 8.36. The van der Waals surface area contributed by atoms with Crippen molar-refractivity contribution in [1.82, 2.24) is 5.32 Å². The number of hydrogen-bond acceptors (Lipinski definition) is 2. The van der Waals surface area contributed by atoms with Crippen LogP contribution < -0.4 is 5.32 Å². The first-order chi connectivity index (χ1) is 10.2. The average molecular weight is 295 g/mol. The van der Waals surface area contributed by atoms with Crippen LogP contribution in [0.4, 0.5) is 0 Å². The van der Waals surface area contributed by atoms with Crippen molar-refractivity contribution in [2.45, 2.75) is 26.8 Å². The second-order valence-electron chi connectivity index (χ2n) is 5.48. The molecule has 1 aromatic heterocycles. The Morgan fingerprint density at radius 2 is 1.71 bits per heavy atom. The van der Waals surface area contributed by atoms with Gasteiger partial charge in [-0.3, -0.25) is 0 Å². The highest BCUT2D eigenvalue weighted by Gasteiger charge is 2.20. The van der Waals surface area contributed by atoms with Gasteiger partial charge < -0.3 is 5.32 Å². The van der Waals surface area contributed by atoms with E-state index in [1.54, 1.807) is 0 Å². The van der Waals surface area contributed by atoms with E-state index >= 15 is 0 Å². The van der Waals surface area contributed by atoms with E-state index in [0.717, 1.165) is 6.54 Å². The molecule has 0 amide bonds. The Hall–Kier alpha value is -1.64. The van der Waals surface area contributed by atoms with Crippen molar-refractivity contribution in [2.24, 2.45) is 0 Å². The summed E-state index contributed by atoms with van der Waals surface area (Å²) in [5.74, 6) is 0. The zero-order chi connectivity index (χ0) is 14.8. The molecule has 0 fully saturated rings. The maximum absolute atomic E-state index is 3.68. The first kappa shape index (κ1) is 14.3. The van der Waals surface area contributed by atoms with E-state index < -0.39 is 0 Å². The lowest BCUT2D eigenvalue weighted by atomic mass is 9.91. The third-order valence-corrected chi connectivity index (χ3v) is 5.04. The summed E-state index contributed by atoms with van der Waals surface area (Å²) in [7, 11) is 0. The number of fused-ring (bicyclic) bond motifs is 1. The third-order valence-electron chi connectivity index (χ3n) is 4.06. The van der Waals surface area contributed by atoms with E-state index in [2.05, 4.69) is 73.9 Å². The summed E-state index contributed by atoms with van der Waals surface area (Å²) in [6.45, 7) is 7.56. The van der Waals surface area contributed by atoms with Gasteiger partial charge in [0, 0.05) is 4.70 Å². The number of nitrogens with one attached hydrogen (secondary N) is 1. The Kier molecular flexibility index (Phi) is 4.09. The molecule has 1 atom stereocenters. The Morgan fingerprint density at radius 3 is 2.43 bits per heavy atom. The molecule has 1 heterocycles. The molecule has 21 heavy (non-hydrogen) atoms. The number of thiophene rings is 1. The normalized spacial score (nSPS) is 12.7. The molecule has 0 bridgehead atoms. The predicted molar refractivity (Wildman–Crippen MR) is 93.3 cm³/mol. The highest BCUT2D eigenvalue weighted by Crippen LogP contribution is 2.35. The molecule has 1 unspecified atom stereocenters. The van der Waals surface area contributed by atoms with Gasteiger partial charge in [-0.05, 0) is 59.5 Å². The van der Waals surface area contributed by atoms with E-state index in [1.807, 2.05) is 11.3 Å². The minimum Gasteiger partial charge on any atom is -0.306 e. The third kappa shape index (κ3) is 2.61. The largest absolute Gasteiger partial charge is 0.306 e. The van der Waals surface area contributed by atoms with Crippen LogP contribution in [0.3, 0.4) is 0 Å². The molecule has 0 aliphatic heterocycles. The van der Waals surface area contributed by atoms with Crippen LogP contribution in [0.15, 0.2) is 47.8 Å². The maximum Gasteiger partial charge on any atom is 0.0596 e. The fourth-order valence-electron chi connectivity index (χ4n) is 3.08. The molecule has 2 heteroatoms. The highest BCUT2D eigenvalue weighted by molar-refractivity contribution is 7.17. The predicted octanol–water partition coefficient (Wildman–Crippen LogP) is 5.22. The van der Waals surface area contributed by atoms with Crippen molar-refractivity contribution in [3.63, 3.8) is 0 Å². The Bertz CT molecular complexity index is 737. The van der Waals surface area contributed by atoms with E-state index in [1.165, 1.54) is 32.3 Å². The summed E-state index contributed by atoms with van der Waals surface area (Å²) in [6.07, 6.45) is 0. The van der Waals surface area contributed by atoms with Crippen LogP contribution in [0, 0.1) is 13.8 Å². The second kappa shape index (κ2) is 6.00. The van der Waals surface area contributed by atoms with Gasteiger partial charge in [0.25, 0.3) is 0 Å². The van der Waals surface area contributed by atoms with Crippen molar-refractivity contribution in [1.29, 1.82) is 0 Å². The molecule has 0 spiro atoms. The van der Waals surface area contributed by atoms with Gasteiger partial charge in [0.05, 0.1) is 6.04 Å². The van der Waals surface area contributed by atoms with Gasteiger partial charge in [-0.25, -0.2) is 0 Å². The van der Waals surface area contributed by atoms with E-state index in [4.69, 9.17) is 0 Å². The summed E-state index contributed by atoms with van der Waals surface area (Å²) in [5, 5.41) is 7.36. The van der Waals surface area contributed by atoms with Crippen molar-refractivity contribution >= 4 is 21.4 Å². The van der Waals surface area contributed by atoms with Gasteiger partial charge in [-0.2, -0.15) is 0 Å². The average Bonchev–Trinajstić information content (AvgIpc) is 2.90. The Balaban J connectivity index is 2.18. The standard InChI is InChI=1S/C19H21NS/c1-4-20-19(18-13(2)8-7-9-14(18)3)16-12-21-17-11-6-5-10-15(16)17/h5-12,19-20H,4H2,1-3H3. The smallest absolute Gasteiger partial charge is 0.0596 e. The van der Waals surface area contributed by atoms with Gasteiger partial charge >= 0.3 is 0 Å². The van der Waals surface area contributed by atoms with E-state index in [-0.39, 0.29) is 6.04 Å². The van der Waals surface area contributed by atoms with Gasteiger partial charge in [0.2, 0.25) is 0 Å². The van der Waals surface area contributed by atoms with Crippen LogP contribution in [0.25, 0.3) is 10.1 Å². The van der Waals surface area contributed by atoms with Crippen molar-refractivity contribution in [2.75, 3.05) is 6.54 Å². The lowest BCUT2D eigenvalue weighted by Crippen LogP contribution is -2.23. The van der Waals surface area contributed by atoms with Crippen LogP contribution >= 0.6 is 11.3 Å². The lowest BCUT2D eigenvalue weighted by Gasteiger charge is -2.22. The Morgan fingerprint density at radius 1 is 1.00 bits per heavy atom. The molecule has 0 aliphatic rings. The Labute approximate surface area is 130 Å². The highest BCUT2D eigenvalue weighted by atomic mass is 32.1. The topological polar surface area (TPSA) is 12.0 Å². The zero-order valence-corrected chi connectivity index (χ0v) is 13.6. The van der Waals surface area contributed by atoms with Gasteiger partial charge in [0.1, 0.15) is 0 Å². The van der Waals surface area contributed by atoms with Crippen LogP contribution in [0.5, 0.6) is 0 Å². The number of aryl methyl sites for hydroxylation is 2. The molecule has 3 rings (SSSR count). The van der Waals surface area contributed by atoms with Crippen LogP contribution in [0.1, 0.15) is 35.2 Å². The molecule has 1 N–H and O–H groups in total. The van der Waals surface area contributed by atoms with Crippen molar-refractivity contribution in [3.05, 3.63) is 70.1 Å². The quantitative estimate of drug-likeness (QED) is 0.696. The van der Waals surface area contributed by atoms with E-state index in [9.17, 15) is 0 Å².